The van der Waals surface area contributed by atoms with Gasteiger partial charge < -0.3 is 27.9 Å². The minimum Gasteiger partial charge on any atom is -0.756 e. The number of rotatable bonds is 77. The average Bonchev–Trinajstić information content (AvgIpc) is 3.58. The molecule has 0 aliphatic heterocycles. The Labute approximate surface area is 562 Å². The fourth-order valence-corrected chi connectivity index (χ4v) is 13.3. The van der Waals surface area contributed by atoms with Gasteiger partial charge in [0, 0.05) is 12.8 Å². The second-order valence-electron chi connectivity index (χ2n) is 29.1. The zero-order chi connectivity index (χ0) is 65.5. The first-order chi connectivity index (χ1) is 44.0. The van der Waals surface area contributed by atoms with Crippen LogP contribution in [-0.2, 0) is 32.7 Å². The van der Waals surface area contributed by atoms with Gasteiger partial charge in [-0.3, -0.25) is 14.2 Å². The van der Waals surface area contributed by atoms with Crippen molar-refractivity contribution >= 4 is 19.8 Å². The molecule has 0 aromatic heterocycles. The van der Waals surface area contributed by atoms with Crippen LogP contribution in [0.4, 0.5) is 0 Å². The summed E-state index contributed by atoms with van der Waals surface area (Å²) in [7, 11) is 1.20. The number of esters is 2. The van der Waals surface area contributed by atoms with Gasteiger partial charge in [0.25, 0.3) is 7.82 Å². The molecule has 2 unspecified atom stereocenters. The molecule has 0 aromatic rings. The van der Waals surface area contributed by atoms with Crippen molar-refractivity contribution in [1.29, 1.82) is 0 Å². The quantitative estimate of drug-likeness (QED) is 0.0195. The van der Waals surface area contributed by atoms with Crippen LogP contribution in [0.2, 0.25) is 0 Å². The van der Waals surface area contributed by atoms with Crippen LogP contribution >= 0.6 is 7.82 Å². The van der Waals surface area contributed by atoms with Gasteiger partial charge >= 0.3 is 11.9 Å². The van der Waals surface area contributed by atoms with Crippen LogP contribution in [0, 0.1) is 0 Å². The van der Waals surface area contributed by atoms with Gasteiger partial charge in [-0.15, -0.1) is 0 Å². The molecule has 0 rings (SSSR count). The van der Waals surface area contributed by atoms with Gasteiger partial charge in [0.1, 0.15) is 19.8 Å². The van der Waals surface area contributed by atoms with Gasteiger partial charge in [-0.25, -0.2) is 0 Å². The van der Waals surface area contributed by atoms with Crippen LogP contribution < -0.4 is 4.89 Å². The lowest BCUT2D eigenvalue weighted by Gasteiger charge is -2.28. The van der Waals surface area contributed by atoms with E-state index >= 15 is 0 Å². The molecule has 0 bridgehead atoms. The maximum atomic E-state index is 12.9. The number of ether oxygens (including phenoxy) is 2. The van der Waals surface area contributed by atoms with E-state index in [1.54, 1.807) is 0 Å². The molecular formula is C80H158NO8P. The van der Waals surface area contributed by atoms with Crippen LogP contribution in [0.15, 0.2) is 12.2 Å². The second-order valence-corrected chi connectivity index (χ2v) is 30.6. The number of carbonyl (C=O) groups excluding carboxylic acids is 2. The highest BCUT2D eigenvalue weighted by molar-refractivity contribution is 7.45. The van der Waals surface area contributed by atoms with Gasteiger partial charge in [0.05, 0.1) is 27.7 Å². The van der Waals surface area contributed by atoms with Gasteiger partial charge in [-0.2, -0.15) is 0 Å². The summed E-state index contributed by atoms with van der Waals surface area (Å²) in [5.74, 6) is -0.803. The molecule has 10 heteroatoms. The molecule has 0 saturated carbocycles. The van der Waals surface area contributed by atoms with Crippen molar-refractivity contribution < 1.29 is 42.1 Å². The summed E-state index contributed by atoms with van der Waals surface area (Å²) >= 11 is 0. The van der Waals surface area contributed by atoms with Crippen LogP contribution in [0.25, 0.3) is 0 Å². The number of nitrogens with zero attached hydrogens (tertiary/aromatic N) is 1. The third kappa shape index (κ3) is 75.8. The van der Waals surface area contributed by atoms with Gasteiger partial charge in [0.2, 0.25) is 0 Å². The van der Waals surface area contributed by atoms with Crippen LogP contribution in [0.5, 0.6) is 0 Å². The third-order valence-corrected chi connectivity index (χ3v) is 19.7. The molecule has 0 aliphatic rings. The summed E-state index contributed by atoms with van der Waals surface area (Å²) in [4.78, 5) is 38.2. The second kappa shape index (κ2) is 72.0. The van der Waals surface area contributed by atoms with E-state index in [-0.39, 0.29) is 32.0 Å². The number of unbranched alkanes of at least 4 members (excludes halogenated alkanes) is 61. The van der Waals surface area contributed by atoms with Gasteiger partial charge in [0.15, 0.2) is 6.10 Å². The summed E-state index contributed by atoms with van der Waals surface area (Å²) in [5.41, 5.74) is 0. The van der Waals surface area contributed by atoms with Crippen molar-refractivity contribution in [2.75, 3.05) is 47.5 Å². The number of hydrogen-bond acceptors (Lipinski definition) is 8. The number of phosphoric acid groups is 1. The molecule has 0 amide bonds. The number of likely N-dealkylation sites (N-methyl/N-ethyl adjacent to an activating group) is 1. The molecule has 90 heavy (non-hydrogen) atoms. The predicted octanol–water partition coefficient (Wildman–Crippen LogP) is 26.0. The molecular weight excluding hydrogens is 1130 g/mol. The van der Waals surface area contributed by atoms with Crippen molar-refractivity contribution in [1.82, 2.24) is 0 Å². The molecule has 536 valence electrons. The molecule has 0 aromatic carbocycles. The molecule has 0 radical (unpaired) electrons. The molecule has 0 saturated heterocycles. The highest BCUT2D eigenvalue weighted by Gasteiger charge is 2.22. The normalized spacial score (nSPS) is 13.0. The highest BCUT2D eigenvalue weighted by atomic mass is 31.2. The number of hydrogen-bond donors (Lipinski definition) is 0. The number of carbonyl (C=O) groups is 2. The maximum absolute atomic E-state index is 12.9. The van der Waals surface area contributed by atoms with E-state index in [1.165, 1.54) is 372 Å². The third-order valence-electron chi connectivity index (χ3n) is 18.8. The Morgan fingerprint density at radius 3 is 0.822 bits per heavy atom. The number of allylic oxidation sites excluding steroid dienone is 2. The van der Waals surface area contributed by atoms with Crippen LogP contribution in [-0.4, -0.2) is 70.0 Å². The molecule has 2 atom stereocenters. The minimum atomic E-state index is -4.64. The van der Waals surface area contributed by atoms with E-state index in [0.717, 1.165) is 32.1 Å². The number of quaternary nitrogens is 1. The molecule has 0 N–H and O–H groups in total. The first-order valence-electron chi connectivity index (χ1n) is 40.4. The first-order valence-corrected chi connectivity index (χ1v) is 41.9. The minimum absolute atomic E-state index is 0.0257. The van der Waals surface area contributed by atoms with E-state index in [9.17, 15) is 19.0 Å². The predicted molar refractivity (Wildman–Crippen MR) is 388 cm³/mol. The molecule has 0 aliphatic carbocycles. The Balaban J connectivity index is 3.89. The summed E-state index contributed by atoms with van der Waals surface area (Å²) < 4.78 is 34.4. The lowest BCUT2D eigenvalue weighted by Crippen LogP contribution is -2.37. The van der Waals surface area contributed by atoms with Crippen molar-refractivity contribution in [3.05, 3.63) is 12.2 Å². The van der Waals surface area contributed by atoms with E-state index in [4.69, 9.17) is 18.5 Å². The van der Waals surface area contributed by atoms with Crippen LogP contribution in [0.3, 0.4) is 0 Å². The first kappa shape index (κ1) is 88.8. The summed E-state index contributed by atoms with van der Waals surface area (Å²) in [6, 6.07) is 0. The Morgan fingerprint density at radius 1 is 0.333 bits per heavy atom. The van der Waals surface area contributed by atoms with Crippen molar-refractivity contribution in [2.45, 2.75) is 444 Å². The van der Waals surface area contributed by atoms with Crippen molar-refractivity contribution in [2.24, 2.45) is 0 Å². The largest absolute Gasteiger partial charge is 0.756 e. The Bertz CT molecular complexity index is 1520. The maximum Gasteiger partial charge on any atom is 0.306 e. The Hall–Kier alpha value is -1.25. The van der Waals surface area contributed by atoms with Gasteiger partial charge in [-0.1, -0.05) is 398 Å². The highest BCUT2D eigenvalue weighted by Crippen LogP contribution is 2.38. The standard InChI is InChI=1S/C80H158NO8P/c1-6-8-10-12-14-16-18-20-22-24-26-28-30-32-34-36-38-39-40-41-43-44-46-48-50-52-54-56-58-60-62-64-66-68-70-72-79(82)86-76-78(77-88-90(84,85)87-75-74-81(3,4)5)89-80(83)73-71-69-67-65-63-61-59-57-55-53-51-49-47-45-42-37-35-33-31-29-27-25-23-21-19-17-15-13-11-9-7-2/h25,27,78H,6-24,26,28-77H2,1-5H3/b27-25-. The lowest BCUT2D eigenvalue weighted by molar-refractivity contribution is -0.870. The molecule has 0 heterocycles. The van der Waals surface area contributed by atoms with Crippen molar-refractivity contribution in [3.63, 3.8) is 0 Å². The Kier molecular flexibility index (Phi) is 71.0. The Morgan fingerprint density at radius 2 is 0.567 bits per heavy atom. The zero-order valence-corrected chi connectivity index (χ0v) is 62.3. The summed E-state index contributed by atoms with van der Waals surface area (Å²) in [6.07, 6.45) is 90.6. The number of phosphoric ester groups is 1. The van der Waals surface area contributed by atoms with E-state index < -0.39 is 26.5 Å². The summed E-state index contributed by atoms with van der Waals surface area (Å²) in [6.45, 7) is 4.34. The zero-order valence-electron chi connectivity index (χ0n) is 61.4. The molecule has 9 nitrogen and oxygen atoms in total. The van der Waals surface area contributed by atoms with E-state index in [2.05, 4.69) is 26.0 Å². The summed E-state index contributed by atoms with van der Waals surface area (Å²) in [5, 5.41) is 0. The topological polar surface area (TPSA) is 111 Å². The van der Waals surface area contributed by atoms with Crippen LogP contribution in [0.1, 0.15) is 438 Å². The van der Waals surface area contributed by atoms with E-state index in [1.807, 2.05) is 21.1 Å². The van der Waals surface area contributed by atoms with Gasteiger partial charge in [-0.05, 0) is 38.5 Å². The van der Waals surface area contributed by atoms with E-state index in [0.29, 0.717) is 17.4 Å². The fourth-order valence-electron chi connectivity index (χ4n) is 12.6. The van der Waals surface area contributed by atoms with Crippen molar-refractivity contribution in [3.8, 4) is 0 Å². The molecule has 0 fully saturated rings. The average molecular weight is 1290 g/mol. The SMILES string of the molecule is CCCCCCCCCC/C=C\CCCCCCCCCCCCCCCCCCCCCC(=O)OC(COC(=O)CCCCCCCCCCCCCCCCCCCCCCCCCCCCCCCCCCCCC)COP(=O)([O-])OCC[N+](C)(C)C. The monoisotopic (exact) mass is 1290 g/mol. The lowest BCUT2D eigenvalue weighted by atomic mass is 10.0. The fraction of sp³-hybridized carbons (Fsp3) is 0.950. The smallest absolute Gasteiger partial charge is 0.306 e. The molecule has 0 spiro atoms.